The summed E-state index contributed by atoms with van der Waals surface area (Å²) in [6.07, 6.45) is -4.73. The first-order chi connectivity index (χ1) is 9.40. The van der Waals surface area contributed by atoms with Crippen LogP contribution in [0.2, 0.25) is 0 Å². The van der Waals surface area contributed by atoms with Gasteiger partial charge in [0.25, 0.3) is 0 Å². The fraction of sp³-hybridized carbons (Fsp3) is 0.417. The van der Waals surface area contributed by atoms with Gasteiger partial charge in [-0.1, -0.05) is 0 Å². The molecule has 0 radical (unpaired) electrons. The number of amides is 1. The van der Waals surface area contributed by atoms with E-state index >= 15 is 0 Å². The fourth-order valence-corrected chi connectivity index (χ4v) is 1.32. The van der Waals surface area contributed by atoms with Crippen LogP contribution < -0.4 is 15.4 Å². The Balaban J connectivity index is 2.39. The van der Waals surface area contributed by atoms with Crippen LogP contribution in [0.25, 0.3) is 0 Å². The van der Waals surface area contributed by atoms with Crippen LogP contribution in [0, 0.1) is 0 Å². The molecular weight excluding hydrogens is 277 g/mol. The normalized spacial score (nSPS) is 11.2. The van der Waals surface area contributed by atoms with Crippen molar-refractivity contribution < 1.29 is 27.4 Å². The lowest BCUT2D eigenvalue weighted by molar-refractivity contribution is -0.274. The predicted molar refractivity (Wildman–Crippen MR) is 66.5 cm³/mol. The summed E-state index contributed by atoms with van der Waals surface area (Å²) in [6.45, 7) is 1.10. The summed E-state index contributed by atoms with van der Waals surface area (Å²) in [7, 11) is 1.55. The fourth-order valence-electron chi connectivity index (χ4n) is 1.32. The number of carbonyl (C=O) groups is 1. The summed E-state index contributed by atoms with van der Waals surface area (Å²) >= 11 is 0. The van der Waals surface area contributed by atoms with E-state index in [-0.39, 0.29) is 18.2 Å². The average Bonchev–Trinajstić information content (AvgIpc) is 2.35. The van der Waals surface area contributed by atoms with E-state index in [1.807, 2.05) is 0 Å². The Morgan fingerprint density at radius 1 is 1.25 bits per heavy atom. The molecule has 0 bridgehead atoms. The molecule has 1 amide bonds. The quantitative estimate of drug-likeness (QED) is 0.752. The van der Waals surface area contributed by atoms with Crippen molar-refractivity contribution in [3.63, 3.8) is 0 Å². The van der Waals surface area contributed by atoms with Crippen LogP contribution in [-0.4, -0.2) is 39.1 Å². The average molecular weight is 292 g/mol. The molecule has 1 rings (SSSR count). The minimum Gasteiger partial charge on any atom is -0.406 e. The second-order valence-corrected chi connectivity index (χ2v) is 3.79. The molecule has 0 aliphatic heterocycles. The van der Waals surface area contributed by atoms with Crippen LogP contribution in [0.15, 0.2) is 24.3 Å². The minimum atomic E-state index is -4.73. The highest BCUT2D eigenvalue weighted by atomic mass is 19.4. The number of ether oxygens (including phenoxy) is 2. The Kier molecular flexibility index (Phi) is 6.26. The van der Waals surface area contributed by atoms with Gasteiger partial charge in [-0.05, 0) is 24.3 Å². The predicted octanol–water partition coefficient (Wildman–Crippen LogP) is 1.76. The molecule has 5 nitrogen and oxygen atoms in total. The van der Waals surface area contributed by atoms with Crippen molar-refractivity contribution in [2.24, 2.45) is 0 Å². The summed E-state index contributed by atoms with van der Waals surface area (Å²) in [5.41, 5.74) is 0.387. The number of methoxy groups -OCH3 is 1. The first-order valence-corrected chi connectivity index (χ1v) is 5.76. The second kappa shape index (κ2) is 7.71. The highest BCUT2D eigenvalue weighted by Gasteiger charge is 2.30. The van der Waals surface area contributed by atoms with E-state index in [9.17, 15) is 18.0 Å². The lowest BCUT2D eigenvalue weighted by Crippen LogP contribution is -2.30. The molecule has 0 aliphatic carbocycles. The molecule has 112 valence electrons. The maximum absolute atomic E-state index is 11.9. The number of hydrogen-bond acceptors (Lipinski definition) is 4. The molecule has 20 heavy (non-hydrogen) atoms. The van der Waals surface area contributed by atoms with Gasteiger partial charge in [0.1, 0.15) is 5.75 Å². The molecule has 8 heteroatoms. The van der Waals surface area contributed by atoms with Gasteiger partial charge >= 0.3 is 6.36 Å². The van der Waals surface area contributed by atoms with Gasteiger partial charge in [-0.25, -0.2) is 0 Å². The van der Waals surface area contributed by atoms with Crippen LogP contribution in [-0.2, 0) is 9.53 Å². The van der Waals surface area contributed by atoms with E-state index in [2.05, 4.69) is 15.4 Å². The van der Waals surface area contributed by atoms with E-state index in [4.69, 9.17) is 4.74 Å². The molecule has 2 N–H and O–H groups in total. The maximum atomic E-state index is 11.9. The number of alkyl halides is 3. The largest absolute Gasteiger partial charge is 0.573 e. The van der Waals surface area contributed by atoms with Gasteiger partial charge in [0, 0.05) is 19.3 Å². The molecule has 0 spiro atoms. The molecule has 0 heterocycles. The van der Waals surface area contributed by atoms with Gasteiger partial charge in [0.05, 0.1) is 13.2 Å². The molecule has 0 fully saturated rings. The highest BCUT2D eigenvalue weighted by molar-refractivity contribution is 5.92. The Morgan fingerprint density at radius 3 is 2.45 bits per heavy atom. The minimum absolute atomic E-state index is 0.0875. The van der Waals surface area contributed by atoms with Crippen molar-refractivity contribution in [3.8, 4) is 5.75 Å². The Morgan fingerprint density at radius 2 is 1.90 bits per heavy atom. The van der Waals surface area contributed by atoms with Gasteiger partial charge < -0.3 is 20.1 Å². The maximum Gasteiger partial charge on any atom is 0.573 e. The molecule has 0 aliphatic rings. The smallest absolute Gasteiger partial charge is 0.406 e. The van der Waals surface area contributed by atoms with Crippen molar-refractivity contribution in [2.75, 3.05) is 32.1 Å². The topological polar surface area (TPSA) is 59.6 Å². The van der Waals surface area contributed by atoms with Crippen LogP contribution in [0.1, 0.15) is 0 Å². The third-order valence-corrected chi connectivity index (χ3v) is 2.14. The highest BCUT2D eigenvalue weighted by Crippen LogP contribution is 2.23. The molecule has 0 aromatic heterocycles. The zero-order chi connectivity index (χ0) is 15.0. The molecule has 0 unspecified atom stereocenters. The van der Waals surface area contributed by atoms with Crippen LogP contribution in [0.3, 0.4) is 0 Å². The number of halogens is 3. The third-order valence-electron chi connectivity index (χ3n) is 2.14. The molecular formula is C12H15F3N2O3. The lowest BCUT2D eigenvalue weighted by atomic mass is 10.3. The first kappa shape index (κ1) is 16.3. The molecule has 0 saturated heterocycles. The van der Waals surface area contributed by atoms with Gasteiger partial charge in [0.2, 0.25) is 5.91 Å². The number of hydrogen-bond donors (Lipinski definition) is 2. The van der Waals surface area contributed by atoms with Crippen LogP contribution >= 0.6 is 0 Å². The van der Waals surface area contributed by atoms with Crippen molar-refractivity contribution >= 4 is 11.6 Å². The lowest BCUT2D eigenvalue weighted by Gasteiger charge is -2.10. The summed E-state index contributed by atoms with van der Waals surface area (Å²) in [6, 6.07) is 4.91. The van der Waals surface area contributed by atoms with Gasteiger partial charge in [-0.2, -0.15) is 0 Å². The summed E-state index contributed by atoms with van der Waals surface area (Å²) in [5.74, 6) is -0.640. The van der Waals surface area contributed by atoms with Gasteiger partial charge in [0.15, 0.2) is 0 Å². The van der Waals surface area contributed by atoms with Crippen molar-refractivity contribution in [1.82, 2.24) is 5.32 Å². The van der Waals surface area contributed by atoms with Crippen LogP contribution in [0.5, 0.6) is 5.75 Å². The SMILES string of the molecule is COCCNCC(=O)Nc1ccc(OC(F)(F)F)cc1. The Bertz CT molecular complexity index is 421. The van der Waals surface area contributed by atoms with Crippen molar-refractivity contribution in [3.05, 3.63) is 24.3 Å². The van der Waals surface area contributed by atoms with E-state index in [0.717, 1.165) is 12.1 Å². The van der Waals surface area contributed by atoms with E-state index in [0.29, 0.717) is 18.8 Å². The number of rotatable bonds is 7. The number of benzene rings is 1. The Hall–Kier alpha value is -1.80. The summed E-state index contributed by atoms with van der Waals surface area (Å²) in [5, 5.41) is 5.37. The van der Waals surface area contributed by atoms with Crippen LogP contribution in [0.4, 0.5) is 18.9 Å². The molecule has 0 atom stereocenters. The molecule has 1 aromatic rings. The van der Waals surface area contributed by atoms with Gasteiger partial charge in [-0.3, -0.25) is 4.79 Å². The van der Waals surface area contributed by atoms with Gasteiger partial charge in [-0.15, -0.1) is 13.2 Å². The molecule has 1 aromatic carbocycles. The Labute approximate surface area is 114 Å². The number of anilines is 1. The summed E-state index contributed by atoms with van der Waals surface area (Å²) in [4.78, 5) is 11.5. The monoisotopic (exact) mass is 292 g/mol. The van der Waals surface area contributed by atoms with E-state index in [1.54, 1.807) is 7.11 Å². The first-order valence-electron chi connectivity index (χ1n) is 5.76. The zero-order valence-corrected chi connectivity index (χ0v) is 10.8. The number of carbonyl (C=O) groups excluding carboxylic acids is 1. The standard InChI is InChI=1S/C12H15F3N2O3/c1-19-7-6-16-8-11(18)17-9-2-4-10(5-3-9)20-12(13,14)15/h2-5,16H,6-8H2,1H3,(H,17,18). The second-order valence-electron chi connectivity index (χ2n) is 3.79. The number of nitrogens with one attached hydrogen (secondary N) is 2. The van der Waals surface area contributed by atoms with E-state index < -0.39 is 6.36 Å². The molecule has 0 saturated carbocycles. The van der Waals surface area contributed by atoms with Crippen molar-refractivity contribution in [1.29, 1.82) is 0 Å². The zero-order valence-electron chi connectivity index (χ0n) is 10.8. The van der Waals surface area contributed by atoms with E-state index in [1.165, 1.54) is 12.1 Å². The van der Waals surface area contributed by atoms with Crippen molar-refractivity contribution in [2.45, 2.75) is 6.36 Å². The third kappa shape index (κ3) is 6.95. The summed E-state index contributed by atoms with van der Waals surface area (Å²) < 4.78 is 44.3.